The summed E-state index contributed by atoms with van der Waals surface area (Å²) in [5.74, 6) is -0.0146. The van der Waals surface area contributed by atoms with E-state index in [1.165, 1.54) is 17.1 Å². The fraction of sp³-hybridized carbons (Fsp3) is 0.0833. The number of aryl methyl sites for hydroxylation is 1. The van der Waals surface area contributed by atoms with Crippen LogP contribution in [-0.2, 0) is 17.1 Å². The van der Waals surface area contributed by atoms with Crippen LogP contribution in [0.3, 0.4) is 0 Å². The van der Waals surface area contributed by atoms with Crippen LogP contribution in [0.15, 0.2) is 41.6 Å². The van der Waals surface area contributed by atoms with Crippen LogP contribution in [0.25, 0.3) is 11.0 Å². The number of fused-ring (bicyclic) bond motifs is 1. The normalized spacial score (nSPS) is 11.7. The molecule has 0 bridgehead atoms. The minimum absolute atomic E-state index is 0.0128. The standard InChI is InChI=1S/C12H10ClN5O2S/c1-18-7-8(6-14-18)21(19,20)17-12-11(13)15-9-4-2-3-5-10(9)16-12/h2-7H,1H3,(H,16,17). The molecule has 21 heavy (non-hydrogen) atoms. The van der Waals surface area contributed by atoms with Crippen LogP contribution < -0.4 is 4.72 Å². The van der Waals surface area contributed by atoms with Crippen molar-refractivity contribution in [1.29, 1.82) is 0 Å². The van der Waals surface area contributed by atoms with E-state index in [1.807, 2.05) is 0 Å². The Hall–Kier alpha value is -2.19. The van der Waals surface area contributed by atoms with Crippen LogP contribution in [0, 0.1) is 0 Å². The minimum atomic E-state index is -3.80. The van der Waals surface area contributed by atoms with Gasteiger partial charge in [0.1, 0.15) is 4.90 Å². The lowest BCUT2D eigenvalue weighted by Crippen LogP contribution is -2.14. The van der Waals surface area contributed by atoms with E-state index in [2.05, 4.69) is 19.8 Å². The van der Waals surface area contributed by atoms with Gasteiger partial charge < -0.3 is 0 Å². The molecule has 0 saturated carbocycles. The minimum Gasteiger partial charge on any atom is -0.274 e. The molecule has 0 saturated heterocycles. The number of rotatable bonds is 3. The van der Waals surface area contributed by atoms with Crippen molar-refractivity contribution >= 4 is 38.5 Å². The van der Waals surface area contributed by atoms with E-state index in [1.54, 1.807) is 31.3 Å². The molecule has 0 amide bonds. The monoisotopic (exact) mass is 323 g/mol. The topological polar surface area (TPSA) is 89.8 Å². The van der Waals surface area contributed by atoms with Crippen LogP contribution in [-0.4, -0.2) is 28.2 Å². The third-order valence-electron chi connectivity index (χ3n) is 2.75. The molecule has 0 fully saturated rings. The zero-order chi connectivity index (χ0) is 15.0. The Morgan fingerprint density at radius 3 is 2.48 bits per heavy atom. The summed E-state index contributed by atoms with van der Waals surface area (Å²) in [7, 11) is -2.18. The second-order valence-electron chi connectivity index (χ2n) is 4.31. The summed E-state index contributed by atoms with van der Waals surface area (Å²) in [6.45, 7) is 0. The smallest absolute Gasteiger partial charge is 0.266 e. The third kappa shape index (κ3) is 2.67. The van der Waals surface area contributed by atoms with Crippen LogP contribution in [0.5, 0.6) is 0 Å². The van der Waals surface area contributed by atoms with Gasteiger partial charge in [0.25, 0.3) is 10.0 Å². The average molecular weight is 324 g/mol. The molecule has 2 heterocycles. The van der Waals surface area contributed by atoms with E-state index in [4.69, 9.17) is 11.6 Å². The van der Waals surface area contributed by atoms with Crippen LogP contribution in [0.2, 0.25) is 5.15 Å². The number of hydrogen-bond acceptors (Lipinski definition) is 5. The Labute approximate surface area is 125 Å². The fourth-order valence-corrected chi connectivity index (χ4v) is 3.00. The largest absolute Gasteiger partial charge is 0.274 e. The maximum atomic E-state index is 12.2. The SMILES string of the molecule is Cn1cc(S(=O)(=O)Nc2nc3ccccc3nc2Cl)cn1. The molecule has 0 aliphatic carbocycles. The summed E-state index contributed by atoms with van der Waals surface area (Å²) in [4.78, 5) is 8.32. The number of sulfonamides is 1. The van der Waals surface area contributed by atoms with Gasteiger partial charge in [0.2, 0.25) is 0 Å². The van der Waals surface area contributed by atoms with Crippen molar-refractivity contribution in [3.8, 4) is 0 Å². The van der Waals surface area contributed by atoms with Gasteiger partial charge in [-0.15, -0.1) is 0 Å². The first-order chi connectivity index (χ1) is 9.95. The van der Waals surface area contributed by atoms with Gasteiger partial charge in [0.05, 0.1) is 17.2 Å². The molecule has 0 unspecified atom stereocenters. The molecule has 3 aromatic rings. The van der Waals surface area contributed by atoms with Gasteiger partial charge in [-0.1, -0.05) is 23.7 Å². The molecule has 0 aliphatic rings. The lowest BCUT2D eigenvalue weighted by Gasteiger charge is -2.07. The predicted octanol–water partition coefficient (Wildman–Crippen LogP) is 1.82. The molecule has 1 aromatic carbocycles. The summed E-state index contributed by atoms with van der Waals surface area (Å²) in [5.41, 5.74) is 1.14. The number of benzene rings is 1. The molecule has 0 radical (unpaired) electrons. The van der Waals surface area contributed by atoms with Crippen molar-refractivity contribution in [3.63, 3.8) is 0 Å². The Balaban J connectivity index is 2.03. The Morgan fingerprint density at radius 1 is 1.19 bits per heavy atom. The highest BCUT2D eigenvalue weighted by Crippen LogP contribution is 2.23. The number of aromatic nitrogens is 4. The van der Waals surface area contributed by atoms with Gasteiger partial charge in [-0.2, -0.15) is 5.10 Å². The molecular weight excluding hydrogens is 314 g/mol. The number of nitrogens with one attached hydrogen (secondary N) is 1. The number of anilines is 1. The van der Waals surface area contributed by atoms with Crippen molar-refractivity contribution in [1.82, 2.24) is 19.7 Å². The predicted molar refractivity (Wildman–Crippen MR) is 78.6 cm³/mol. The fourth-order valence-electron chi connectivity index (χ4n) is 1.77. The maximum Gasteiger partial charge on any atom is 0.266 e. The summed E-state index contributed by atoms with van der Waals surface area (Å²) >= 11 is 5.98. The third-order valence-corrected chi connectivity index (χ3v) is 4.31. The second kappa shape index (κ2) is 4.97. The van der Waals surface area contributed by atoms with E-state index in [0.29, 0.717) is 11.0 Å². The van der Waals surface area contributed by atoms with Crippen LogP contribution in [0.1, 0.15) is 0 Å². The van der Waals surface area contributed by atoms with Crippen molar-refractivity contribution in [2.75, 3.05) is 4.72 Å². The van der Waals surface area contributed by atoms with E-state index in [9.17, 15) is 8.42 Å². The van der Waals surface area contributed by atoms with Gasteiger partial charge in [0, 0.05) is 13.2 Å². The molecule has 0 spiro atoms. The lowest BCUT2D eigenvalue weighted by molar-refractivity contribution is 0.601. The van der Waals surface area contributed by atoms with Crippen LogP contribution >= 0.6 is 11.6 Å². The zero-order valence-corrected chi connectivity index (χ0v) is 12.4. The van der Waals surface area contributed by atoms with Crippen molar-refractivity contribution in [2.24, 2.45) is 7.05 Å². The molecule has 108 valence electrons. The number of halogens is 1. The second-order valence-corrected chi connectivity index (χ2v) is 6.35. The van der Waals surface area contributed by atoms with Crippen molar-refractivity contribution < 1.29 is 8.42 Å². The van der Waals surface area contributed by atoms with Gasteiger partial charge in [-0.25, -0.2) is 18.4 Å². The molecule has 3 rings (SSSR count). The molecule has 7 nitrogen and oxygen atoms in total. The molecule has 0 atom stereocenters. The summed E-state index contributed by atoms with van der Waals surface area (Å²) in [6.07, 6.45) is 2.62. The quantitative estimate of drug-likeness (QED) is 0.794. The Bertz CT molecular complexity index is 922. The average Bonchev–Trinajstić information content (AvgIpc) is 2.87. The number of nitrogens with zero attached hydrogens (tertiary/aromatic N) is 4. The van der Waals surface area contributed by atoms with E-state index in [0.717, 1.165) is 0 Å². The molecular formula is C12H10ClN5O2S. The lowest BCUT2D eigenvalue weighted by atomic mass is 10.3. The van der Waals surface area contributed by atoms with Crippen molar-refractivity contribution in [3.05, 3.63) is 41.8 Å². The summed E-state index contributed by atoms with van der Waals surface area (Å²) < 4.78 is 28.1. The van der Waals surface area contributed by atoms with Gasteiger partial charge >= 0.3 is 0 Å². The van der Waals surface area contributed by atoms with E-state index >= 15 is 0 Å². The molecule has 0 aliphatic heterocycles. The van der Waals surface area contributed by atoms with E-state index < -0.39 is 10.0 Å². The van der Waals surface area contributed by atoms with Crippen molar-refractivity contribution in [2.45, 2.75) is 4.90 Å². The summed E-state index contributed by atoms with van der Waals surface area (Å²) in [5, 5.41) is 3.81. The molecule has 9 heteroatoms. The Morgan fingerprint density at radius 2 is 1.86 bits per heavy atom. The Kier molecular flexibility index (Phi) is 3.26. The van der Waals surface area contributed by atoms with Gasteiger partial charge in [-0.05, 0) is 12.1 Å². The number of para-hydroxylation sites is 2. The van der Waals surface area contributed by atoms with Gasteiger partial charge in [0.15, 0.2) is 11.0 Å². The highest BCUT2D eigenvalue weighted by molar-refractivity contribution is 7.92. The molecule has 1 N–H and O–H groups in total. The first-order valence-corrected chi connectivity index (χ1v) is 7.75. The first-order valence-electron chi connectivity index (χ1n) is 5.89. The maximum absolute atomic E-state index is 12.2. The highest BCUT2D eigenvalue weighted by Gasteiger charge is 2.19. The van der Waals surface area contributed by atoms with Crippen LogP contribution in [0.4, 0.5) is 5.82 Å². The van der Waals surface area contributed by atoms with E-state index in [-0.39, 0.29) is 15.9 Å². The zero-order valence-electron chi connectivity index (χ0n) is 10.9. The molecule has 2 aromatic heterocycles. The summed E-state index contributed by atoms with van der Waals surface area (Å²) in [6, 6.07) is 7.05. The van der Waals surface area contributed by atoms with Gasteiger partial charge in [-0.3, -0.25) is 9.40 Å². The number of hydrogen-bond donors (Lipinski definition) is 1. The highest BCUT2D eigenvalue weighted by atomic mass is 35.5. The first kappa shape index (κ1) is 13.8.